The molecule has 23 nitrogen and oxygen atoms in total. The summed E-state index contributed by atoms with van der Waals surface area (Å²) in [5, 5.41) is 23.2. The number of amides is 5. The van der Waals surface area contributed by atoms with Gasteiger partial charge in [0.25, 0.3) is 0 Å². The van der Waals surface area contributed by atoms with Crippen LogP contribution >= 0.6 is 0 Å². The fourth-order valence-electron chi connectivity index (χ4n) is 10.3. The number of aliphatic hydroxyl groups excluding tert-OH is 1. The van der Waals surface area contributed by atoms with E-state index < -0.39 is 42.3 Å². The quantitative estimate of drug-likeness (QED) is 0.0352. The number of ether oxygens (including phenoxy) is 9. The maximum absolute atomic E-state index is 14.5. The van der Waals surface area contributed by atoms with Crippen LogP contribution in [0.3, 0.4) is 0 Å². The van der Waals surface area contributed by atoms with E-state index in [-0.39, 0.29) is 63.2 Å². The van der Waals surface area contributed by atoms with Gasteiger partial charge in [-0.05, 0) is 80.5 Å². The lowest BCUT2D eigenvalue weighted by Crippen LogP contribution is -2.53. The number of methoxy groups -OCH3 is 2. The van der Waals surface area contributed by atoms with E-state index in [0.717, 1.165) is 28.9 Å². The van der Waals surface area contributed by atoms with Crippen LogP contribution in [0, 0.1) is 5.92 Å². The van der Waals surface area contributed by atoms with Crippen LogP contribution < -0.4 is 45.1 Å². The molecule has 0 fully saturated rings. The fraction of sp³-hybridized carbons (Fsp3) is 0.463. The van der Waals surface area contributed by atoms with E-state index >= 15 is 0 Å². The molecule has 90 heavy (non-hydrogen) atoms. The van der Waals surface area contributed by atoms with Crippen LogP contribution in [0.1, 0.15) is 90.3 Å². The van der Waals surface area contributed by atoms with Crippen molar-refractivity contribution in [1.82, 2.24) is 25.8 Å². The van der Waals surface area contributed by atoms with Crippen molar-refractivity contribution in [3.8, 4) is 23.0 Å². The summed E-state index contributed by atoms with van der Waals surface area (Å²) >= 11 is 0. The molecule has 23 heteroatoms. The maximum Gasteiger partial charge on any atom is 0.416 e. The van der Waals surface area contributed by atoms with Gasteiger partial charge in [-0.15, -0.1) is 0 Å². The molecule has 0 saturated carbocycles. The number of aliphatic hydroxyl groups is 1. The van der Waals surface area contributed by atoms with E-state index in [1.807, 2.05) is 61.5 Å². The van der Waals surface area contributed by atoms with Gasteiger partial charge in [0, 0.05) is 84.8 Å². The summed E-state index contributed by atoms with van der Waals surface area (Å²) in [5.74, 6) is 0.0169. The van der Waals surface area contributed by atoms with Crippen molar-refractivity contribution in [2.24, 2.45) is 10.9 Å². The molecule has 5 amide bonds. The summed E-state index contributed by atoms with van der Waals surface area (Å²) < 4.78 is 52.1. The van der Waals surface area contributed by atoms with Crippen LogP contribution in [0.5, 0.6) is 23.0 Å². The Bertz CT molecular complexity index is 3160. The van der Waals surface area contributed by atoms with E-state index in [1.54, 1.807) is 64.3 Å². The number of nitrogens with one attached hydrogen (secondary N) is 4. The monoisotopic (exact) mass is 1240 g/mol. The van der Waals surface area contributed by atoms with Gasteiger partial charge in [-0.3, -0.25) is 24.2 Å². The zero-order chi connectivity index (χ0) is 64.7. The van der Waals surface area contributed by atoms with Crippen molar-refractivity contribution in [3.63, 3.8) is 0 Å². The minimum Gasteiger partial charge on any atom is -0.493 e. The number of allylic oxidation sites excluding steroid dienone is 4. The number of anilines is 2. The molecule has 4 aliphatic rings. The molecule has 0 aliphatic carbocycles. The second kappa shape index (κ2) is 34.5. The number of aliphatic imine (C=N–C) groups is 1. The van der Waals surface area contributed by atoms with E-state index in [0.29, 0.717) is 117 Å². The summed E-state index contributed by atoms with van der Waals surface area (Å²) in [5.41, 5.74) is 6.84. The molecule has 0 bridgehead atoms. The minimum atomic E-state index is -1.40. The number of carbonyl (C=O) groups excluding carboxylic acids is 5. The highest BCUT2D eigenvalue weighted by Crippen LogP contribution is 2.47. The van der Waals surface area contributed by atoms with Gasteiger partial charge < -0.3 is 78.8 Å². The first kappa shape index (κ1) is 69.0. The largest absolute Gasteiger partial charge is 0.493 e. The molecule has 0 saturated heterocycles. The molecule has 4 unspecified atom stereocenters. The lowest BCUT2D eigenvalue weighted by atomic mass is 10.0. The van der Waals surface area contributed by atoms with Gasteiger partial charge in [0.05, 0.1) is 104 Å². The maximum atomic E-state index is 14.5. The van der Waals surface area contributed by atoms with E-state index in [1.165, 1.54) is 24.5 Å². The van der Waals surface area contributed by atoms with Crippen molar-refractivity contribution < 1.29 is 71.7 Å². The van der Waals surface area contributed by atoms with Crippen LogP contribution in [0.15, 0.2) is 115 Å². The number of hydrogen-bond acceptors (Lipinski definition) is 18. The molecule has 486 valence electrons. The highest BCUT2D eigenvalue weighted by Gasteiger charge is 2.43. The summed E-state index contributed by atoms with van der Waals surface area (Å²) in [6.45, 7) is 23.0. The number of benzene rings is 3. The standard InChI is InChI=1S/C67H88N8O15/c1-11-15-48-33-51-39-69-54-37-59(57(82-9)35-52(54)45(7)73(51)40-48)88-23-14-24-89-60-38-55-53(36-58(60)83-10)46(8)74-41-49(16-12-2)34-56(74)66(80)75(55)67(81)90-42-47-17-19-50(20-18-47)71-64(78)44(6)70-65(79)63(43(4)5)72-62(77)21-25-84-27-29-86-31-32-87-30-28-85-26-22-68-61(76)13-3/h11-12,15-20,35-41,43-44,51,56,63,66,80H,7-8,13-14,21-34,42H2,1-6,9-10H3,(H,68,76)(H,70,79)(H,71,78)(H,72,77)/b15-11+,16-12+/t44?,51?,56?,63-,66?/m0/s1. The third-order valence-electron chi connectivity index (χ3n) is 15.1. The Morgan fingerprint density at radius 2 is 1.29 bits per heavy atom. The molecule has 3 aromatic carbocycles. The van der Waals surface area contributed by atoms with E-state index in [2.05, 4.69) is 51.6 Å². The number of nitrogens with zero attached hydrogens (tertiary/aromatic N) is 4. The summed E-state index contributed by atoms with van der Waals surface area (Å²) in [4.78, 5) is 75.3. The van der Waals surface area contributed by atoms with Gasteiger partial charge in [-0.25, -0.2) is 9.69 Å². The van der Waals surface area contributed by atoms with E-state index in [4.69, 9.17) is 47.6 Å². The Balaban J connectivity index is 0.888. The zero-order valence-electron chi connectivity index (χ0n) is 53.0. The summed E-state index contributed by atoms with van der Waals surface area (Å²) in [6.07, 6.45) is 13.8. The SMILES string of the molecule is C=C1c2cc(OC)c(OCCCOc3cc4c(cc3OC)C(=C)N3C=C(/C=C/C)CC3C(O)N4C(=O)OCc3ccc(NC(=O)C(C)NC(=O)[C@@H](NC(=O)CCOCCOCCOCCOCCNC(=O)CC)C(C)C)cc3)cc2N=CC2CC(/C=C/C)=CN12. The van der Waals surface area contributed by atoms with Crippen LogP contribution in [0.2, 0.25) is 0 Å². The lowest BCUT2D eigenvalue weighted by molar-refractivity contribution is -0.132. The highest BCUT2D eigenvalue weighted by atomic mass is 16.6. The van der Waals surface area contributed by atoms with Crippen molar-refractivity contribution in [2.75, 3.05) is 97.0 Å². The third-order valence-corrected chi connectivity index (χ3v) is 15.1. The van der Waals surface area contributed by atoms with Crippen molar-refractivity contribution in [1.29, 1.82) is 0 Å². The average Bonchev–Trinajstić information content (AvgIpc) is 1.67. The van der Waals surface area contributed by atoms with Crippen LogP contribution in [0.25, 0.3) is 11.4 Å². The summed E-state index contributed by atoms with van der Waals surface area (Å²) in [7, 11) is 3.11. The van der Waals surface area contributed by atoms with Crippen LogP contribution in [0.4, 0.5) is 21.9 Å². The van der Waals surface area contributed by atoms with Crippen molar-refractivity contribution >= 4 is 64.4 Å². The summed E-state index contributed by atoms with van der Waals surface area (Å²) in [6, 6.07) is 11.3. The van der Waals surface area contributed by atoms with E-state index in [9.17, 15) is 29.1 Å². The molecule has 5 N–H and O–H groups in total. The van der Waals surface area contributed by atoms with Gasteiger partial charge in [0.15, 0.2) is 29.2 Å². The number of carbonyl (C=O) groups is 5. The minimum absolute atomic E-state index is 0.0110. The van der Waals surface area contributed by atoms with Gasteiger partial charge in [-0.1, -0.05) is 70.4 Å². The first-order valence-corrected chi connectivity index (χ1v) is 30.6. The molecule has 0 aromatic heterocycles. The topological polar surface area (TPSA) is 259 Å². The number of fused-ring (bicyclic) bond motifs is 4. The van der Waals surface area contributed by atoms with Crippen molar-refractivity contribution in [2.45, 2.75) is 111 Å². The van der Waals surface area contributed by atoms with Gasteiger partial charge in [0.1, 0.15) is 18.7 Å². The molecule has 5 atom stereocenters. The molecule has 7 rings (SSSR count). The molecule has 3 aromatic rings. The first-order valence-electron chi connectivity index (χ1n) is 30.6. The Kier molecular flexibility index (Phi) is 26.4. The molecule has 0 radical (unpaired) electrons. The molecular weight excluding hydrogens is 1160 g/mol. The Morgan fingerprint density at radius 3 is 1.91 bits per heavy atom. The lowest BCUT2D eigenvalue weighted by Gasteiger charge is -2.32. The molecular formula is C67H88N8O15. The second-order valence-corrected chi connectivity index (χ2v) is 22.0. The Labute approximate surface area is 527 Å². The van der Waals surface area contributed by atoms with Gasteiger partial charge in [0.2, 0.25) is 23.6 Å². The van der Waals surface area contributed by atoms with Gasteiger partial charge in [-0.2, -0.15) is 0 Å². The fourth-order valence-corrected chi connectivity index (χ4v) is 10.3. The molecule has 0 spiro atoms. The Hall–Kier alpha value is -8.48. The average molecular weight is 1250 g/mol. The van der Waals surface area contributed by atoms with Crippen molar-refractivity contribution in [3.05, 3.63) is 126 Å². The van der Waals surface area contributed by atoms with Gasteiger partial charge >= 0.3 is 6.09 Å². The second-order valence-electron chi connectivity index (χ2n) is 22.0. The first-order chi connectivity index (χ1) is 43.5. The van der Waals surface area contributed by atoms with Crippen LogP contribution in [-0.4, -0.2) is 168 Å². The predicted molar refractivity (Wildman–Crippen MR) is 343 cm³/mol. The molecule has 4 aliphatic heterocycles. The zero-order valence-corrected chi connectivity index (χ0v) is 53.0. The normalized spacial score (nSPS) is 17.4. The number of hydrogen-bond donors (Lipinski definition) is 5. The smallest absolute Gasteiger partial charge is 0.416 e. The third kappa shape index (κ3) is 18.8. The predicted octanol–water partition coefficient (Wildman–Crippen LogP) is 8.32. The van der Waals surface area contributed by atoms with Crippen LogP contribution in [-0.2, 0) is 49.5 Å². The Morgan fingerprint density at radius 1 is 0.700 bits per heavy atom. The highest BCUT2D eigenvalue weighted by molar-refractivity contribution is 5.98. The number of rotatable bonds is 34. The molecule has 4 heterocycles.